The van der Waals surface area contributed by atoms with Crippen LogP contribution in [0, 0.1) is 39.0 Å². The van der Waals surface area contributed by atoms with E-state index >= 15 is 0 Å². The van der Waals surface area contributed by atoms with E-state index in [1.807, 2.05) is 88.4 Å². The lowest BCUT2D eigenvalue weighted by atomic mass is 10.1. The number of hydrogen-bond donors (Lipinski definition) is 1. The minimum atomic E-state index is -0.407. The maximum Gasteiger partial charge on any atom is 0.266 e. The van der Waals surface area contributed by atoms with Crippen molar-refractivity contribution in [3.8, 4) is 11.8 Å². The second-order valence-corrected chi connectivity index (χ2v) is 6.92. The van der Waals surface area contributed by atoms with Gasteiger partial charge in [-0.05, 0) is 80.8 Å². The third kappa shape index (κ3) is 3.89. The van der Waals surface area contributed by atoms with Gasteiger partial charge < -0.3 is 9.88 Å². The Hall–Kier alpha value is -3.58. The number of carbonyl (C=O) groups is 1. The second-order valence-electron chi connectivity index (χ2n) is 6.92. The SMILES string of the molecule is Cc1ccc(NC(=O)/C(C#N)=C\c2cc(C)n(-c3ccccc3)c2C)cc1C. The van der Waals surface area contributed by atoms with E-state index in [1.54, 1.807) is 6.08 Å². The van der Waals surface area contributed by atoms with Crippen LogP contribution >= 0.6 is 0 Å². The lowest BCUT2D eigenvalue weighted by Crippen LogP contribution is -2.13. The largest absolute Gasteiger partial charge is 0.321 e. The topological polar surface area (TPSA) is 57.8 Å². The molecule has 3 aromatic rings. The van der Waals surface area contributed by atoms with E-state index in [0.29, 0.717) is 5.69 Å². The van der Waals surface area contributed by atoms with E-state index in [2.05, 4.69) is 9.88 Å². The van der Waals surface area contributed by atoms with Crippen LogP contribution in [0.15, 0.2) is 60.2 Å². The highest BCUT2D eigenvalue weighted by atomic mass is 16.1. The Bertz CT molecular complexity index is 1100. The number of benzene rings is 2. The highest BCUT2D eigenvalue weighted by Crippen LogP contribution is 2.23. The summed E-state index contributed by atoms with van der Waals surface area (Å²) >= 11 is 0. The zero-order chi connectivity index (χ0) is 20.3. The number of carbonyl (C=O) groups excluding carboxylic acids is 1. The summed E-state index contributed by atoms with van der Waals surface area (Å²) in [6.45, 7) is 8.01. The smallest absolute Gasteiger partial charge is 0.266 e. The van der Waals surface area contributed by atoms with Gasteiger partial charge in [0.05, 0.1) is 0 Å². The maximum atomic E-state index is 12.6. The lowest BCUT2D eigenvalue weighted by molar-refractivity contribution is -0.112. The van der Waals surface area contributed by atoms with Crippen molar-refractivity contribution in [2.45, 2.75) is 27.7 Å². The Morgan fingerprint density at radius 2 is 1.71 bits per heavy atom. The quantitative estimate of drug-likeness (QED) is 0.504. The van der Waals surface area contributed by atoms with E-state index < -0.39 is 5.91 Å². The number of nitrogens with one attached hydrogen (secondary N) is 1. The standard InChI is InChI=1S/C24H23N3O/c1-16-10-11-22(12-17(16)2)26-24(28)21(15-25)14-20-13-18(3)27(19(20)4)23-8-6-5-7-9-23/h5-14H,1-4H3,(H,26,28)/b21-14-. The minimum absolute atomic E-state index is 0.0755. The molecule has 0 radical (unpaired) electrons. The van der Waals surface area contributed by atoms with Gasteiger partial charge in [-0.2, -0.15) is 5.26 Å². The van der Waals surface area contributed by atoms with E-state index in [-0.39, 0.29) is 5.57 Å². The lowest BCUT2D eigenvalue weighted by Gasteiger charge is -2.09. The molecular weight excluding hydrogens is 346 g/mol. The Morgan fingerprint density at radius 1 is 1.00 bits per heavy atom. The molecule has 0 aliphatic rings. The van der Waals surface area contributed by atoms with Crippen LogP contribution in [-0.2, 0) is 4.79 Å². The summed E-state index contributed by atoms with van der Waals surface area (Å²) in [4.78, 5) is 12.6. The summed E-state index contributed by atoms with van der Waals surface area (Å²) in [7, 11) is 0. The molecule has 0 bridgehead atoms. The fourth-order valence-corrected chi connectivity index (χ4v) is 3.23. The first-order chi connectivity index (χ1) is 13.4. The molecule has 0 spiro atoms. The second kappa shape index (κ2) is 7.98. The molecule has 140 valence electrons. The summed E-state index contributed by atoms with van der Waals surface area (Å²) in [5.41, 5.74) is 6.94. The summed E-state index contributed by atoms with van der Waals surface area (Å²) in [5.74, 6) is -0.407. The van der Waals surface area contributed by atoms with Crippen LogP contribution in [0.5, 0.6) is 0 Å². The molecule has 0 fully saturated rings. The van der Waals surface area contributed by atoms with Crippen LogP contribution in [0.1, 0.15) is 28.1 Å². The number of aromatic nitrogens is 1. The zero-order valence-corrected chi connectivity index (χ0v) is 16.6. The summed E-state index contributed by atoms with van der Waals surface area (Å²) in [6, 6.07) is 19.7. The monoisotopic (exact) mass is 369 g/mol. The highest BCUT2D eigenvalue weighted by molar-refractivity contribution is 6.09. The van der Waals surface area contributed by atoms with Crippen LogP contribution < -0.4 is 5.32 Å². The van der Waals surface area contributed by atoms with Gasteiger partial charge in [-0.25, -0.2) is 0 Å². The molecule has 4 heteroatoms. The Balaban J connectivity index is 1.91. The molecule has 0 unspecified atom stereocenters. The molecule has 0 atom stereocenters. The Morgan fingerprint density at radius 3 is 2.36 bits per heavy atom. The predicted octanol–water partition coefficient (Wildman–Crippen LogP) is 5.26. The van der Waals surface area contributed by atoms with Crippen molar-refractivity contribution >= 4 is 17.7 Å². The molecule has 28 heavy (non-hydrogen) atoms. The van der Waals surface area contributed by atoms with Crippen LogP contribution in [0.2, 0.25) is 0 Å². The number of rotatable bonds is 4. The maximum absolute atomic E-state index is 12.6. The first-order valence-electron chi connectivity index (χ1n) is 9.15. The molecule has 0 saturated carbocycles. The van der Waals surface area contributed by atoms with Gasteiger partial charge >= 0.3 is 0 Å². The molecule has 1 aromatic heterocycles. The fraction of sp³-hybridized carbons (Fsp3) is 0.167. The van der Waals surface area contributed by atoms with Crippen molar-refractivity contribution < 1.29 is 4.79 Å². The van der Waals surface area contributed by atoms with Crippen LogP contribution in [-0.4, -0.2) is 10.5 Å². The van der Waals surface area contributed by atoms with E-state index in [1.165, 1.54) is 0 Å². The molecular formula is C24H23N3O. The summed E-state index contributed by atoms with van der Waals surface area (Å²) in [5, 5.41) is 12.3. The average Bonchev–Trinajstić information content (AvgIpc) is 2.96. The molecule has 4 nitrogen and oxygen atoms in total. The van der Waals surface area contributed by atoms with Gasteiger partial charge in [-0.3, -0.25) is 4.79 Å². The van der Waals surface area contributed by atoms with Crippen molar-refractivity contribution in [2.75, 3.05) is 5.32 Å². The number of aryl methyl sites for hydroxylation is 3. The van der Waals surface area contributed by atoms with Gasteiger partial charge in [-0.15, -0.1) is 0 Å². The average molecular weight is 369 g/mol. The number of nitriles is 1. The molecule has 1 amide bonds. The zero-order valence-electron chi connectivity index (χ0n) is 16.6. The first-order valence-corrected chi connectivity index (χ1v) is 9.15. The third-order valence-corrected chi connectivity index (χ3v) is 4.91. The molecule has 1 heterocycles. The normalized spacial score (nSPS) is 11.2. The number of hydrogen-bond acceptors (Lipinski definition) is 2. The third-order valence-electron chi connectivity index (χ3n) is 4.91. The highest BCUT2D eigenvalue weighted by Gasteiger charge is 2.14. The van der Waals surface area contributed by atoms with Gasteiger partial charge in [0.25, 0.3) is 5.91 Å². The van der Waals surface area contributed by atoms with Crippen molar-refractivity contribution in [3.63, 3.8) is 0 Å². The molecule has 0 saturated heterocycles. The molecule has 3 rings (SSSR count). The Labute approximate surface area is 165 Å². The number of amides is 1. The number of para-hydroxylation sites is 1. The van der Waals surface area contributed by atoms with Crippen LogP contribution in [0.3, 0.4) is 0 Å². The van der Waals surface area contributed by atoms with Crippen LogP contribution in [0.25, 0.3) is 11.8 Å². The van der Waals surface area contributed by atoms with Gasteiger partial charge in [0.15, 0.2) is 0 Å². The molecule has 1 N–H and O–H groups in total. The van der Waals surface area contributed by atoms with E-state index in [9.17, 15) is 10.1 Å². The molecule has 0 aliphatic carbocycles. The van der Waals surface area contributed by atoms with Crippen molar-refractivity contribution in [1.29, 1.82) is 5.26 Å². The first kappa shape index (κ1) is 19.2. The van der Waals surface area contributed by atoms with Gasteiger partial charge in [0.1, 0.15) is 11.6 Å². The number of anilines is 1. The Kier molecular flexibility index (Phi) is 5.47. The van der Waals surface area contributed by atoms with Gasteiger partial charge in [0, 0.05) is 22.8 Å². The van der Waals surface area contributed by atoms with Crippen LogP contribution in [0.4, 0.5) is 5.69 Å². The molecule has 2 aromatic carbocycles. The van der Waals surface area contributed by atoms with E-state index in [4.69, 9.17) is 0 Å². The fourth-order valence-electron chi connectivity index (χ4n) is 3.23. The van der Waals surface area contributed by atoms with Crippen molar-refractivity contribution in [2.24, 2.45) is 0 Å². The van der Waals surface area contributed by atoms with Crippen molar-refractivity contribution in [1.82, 2.24) is 4.57 Å². The minimum Gasteiger partial charge on any atom is -0.321 e. The van der Waals surface area contributed by atoms with Gasteiger partial charge in [0.2, 0.25) is 0 Å². The van der Waals surface area contributed by atoms with Crippen molar-refractivity contribution in [3.05, 3.63) is 88.2 Å². The summed E-state index contributed by atoms with van der Waals surface area (Å²) in [6.07, 6.45) is 1.65. The molecule has 0 aliphatic heterocycles. The van der Waals surface area contributed by atoms with Gasteiger partial charge in [-0.1, -0.05) is 24.3 Å². The summed E-state index contributed by atoms with van der Waals surface area (Å²) < 4.78 is 2.11. The van der Waals surface area contributed by atoms with E-state index in [0.717, 1.165) is 33.8 Å². The predicted molar refractivity (Wildman–Crippen MR) is 113 cm³/mol. The number of nitrogens with zero attached hydrogens (tertiary/aromatic N) is 2.